The number of para-hydroxylation sites is 1. The number of rotatable bonds is 2. The maximum Gasteiger partial charge on any atom is 0.149 e. The van der Waals surface area contributed by atoms with Crippen LogP contribution in [0, 0.1) is 12.7 Å². The van der Waals surface area contributed by atoms with Crippen LogP contribution in [0.1, 0.15) is 24.2 Å². The first-order valence-corrected chi connectivity index (χ1v) is 5.64. The van der Waals surface area contributed by atoms with Crippen LogP contribution in [0.15, 0.2) is 24.4 Å². The topological polar surface area (TPSA) is 43.8 Å². The van der Waals surface area contributed by atoms with Gasteiger partial charge in [0.25, 0.3) is 0 Å². The molecule has 1 aromatic carbocycles. The first-order valence-electron chi connectivity index (χ1n) is 5.27. The van der Waals surface area contributed by atoms with E-state index in [9.17, 15) is 4.39 Å². The Balaban J connectivity index is 2.65. The Labute approximate surface area is 104 Å². The number of nitrogens with two attached hydrogens (primary N) is 1. The molecule has 2 N–H and O–H groups in total. The normalized spacial score (nSPS) is 12.8. The SMILES string of the molecule is Cc1nn(-c2c(F)cccc2[C@@H](C)N)cc1Cl. The highest BCUT2D eigenvalue weighted by Crippen LogP contribution is 2.25. The summed E-state index contributed by atoms with van der Waals surface area (Å²) in [6.45, 7) is 3.57. The summed E-state index contributed by atoms with van der Waals surface area (Å²) in [4.78, 5) is 0. The molecule has 0 bridgehead atoms. The highest BCUT2D eigenvalue weighted by Gasteiger charge is 2.15. The van der Waals surface area contributed by atoms with Crippen molar-refractivity contribution in [1.82, 2.24) is 9.78 Å². The van der Waals surface area contributed by atoms with E-state index in [2.05, 4.69) is 5.10 Å². The number of benzene rings is 1. The zero-order valence-corrected chi connectivity index (χ0v) is 10.4. The van der Waals surface area contributed by atoms with Gasteiger partial charge < -0.3 is 5.73 Å². The lowest BCUT2D eigenvalue weighted by atomic mass is 10.1. The molecule has 17 heavy (non-hydrogen) atoms. The lowest BCUT2D eigenvalue weighted by Crippen LogP contribution is -2.12. The highest BCUT2D eigenvalue weighted by molar-refractivity contribution is 6.31. The molecule has 0 radical (unpaired) electrons. The number of hydrogen-bond acceptors (Lipinski definition) is 2. The van der Waals surface area contributed by atoms with Gasteiger partial charge in [0.2, 0.25) is 0 Å². The molecule has 0 aliphatic rings. The average molecular weight is 254 g/mol. The van der Waals surface area contributed by atoms with Gasteiger partial charge in [0.05, 0.1) is 10.7 Å². The van der Waals surface area contributed by atoms with Crippen molar-refractivity contribution < 1.29 is 4.39 Å². The smallest absolute Gasteiger partial charge is 0.149 e. The van der Waals surface area contributed by atoms with Gasteiger partial charge in [-0.05, 0) is 25.5 Å². The fraction of sp³-hybridized carbons (Fsp3) is 0.250. The first kappa shape index (κ1) is 12.1. The fourth-order valence-electron chi connectivity index (χ4n) is 1.69. The Morgan fingerprint density at radius 2 is 2.18 bits per heavy atom. The third kappa shape index (κ3) is 2.18. The van der Waals surface area contributed by atoms with Crippen molar-refractivity contribution in [2.75, 3.05) is 0 Å². The fourth-order valence-corrected chi connectivity index (χ4v) is 1.82. The van der Waals surface area contributed by atoms with Crippen LogP contribution in [0.2, 0.25) is 5.02 Å². The second-order valence-electron chi connectivity index (χ2n) is 3.97. The molecule has 0 aliphatic carbocycles. The molecular formula is C12H13ClFN3. The highest BCUT2D eigenvalue weighted by atomic mass is 35.5. The van der Waals surface area contributed by atoms with Crippen molar-refractivity contribution in [2.24, 2.45) is 5.73 Å². The molecule has 0 saturated carbocycles. The van der Waals surface area contributed by atoms with E-state index in [0.29, 0.717) is 22.0 Å². The van der Waals surface area contributed by atoms with E-state index in [1.54, 1.807) is 32.2 Å². The Bertz CT molecular complexity index is 529. The second kappa shape index (κ2) is 4.47. The summed E-state index contributed by atoms with van der Waals surface area (Å²) >= 11 is 5.93. The Kier molecular flexibility index (Phi) is 3.17. The monoisotopic (exact) mass is 253 g/mol. The van der Waals surface area contributed by atoms with Gasteiger partial charge >= 0.3 is 0 Å². The van der Waals surface area contributed by atoms with Crippen LogP contribution in [0.25, 0.3) is 5.69 Å². The molecule has 5 heteroatoms. The van der Waals surface area contributed by atoms with E-state index in [-0.39, 0.29) is 11.9 Å². The van der Waals surface area contributed by atoms with Gasteiger partial charge in [-0.15, -0.1) is 0 Å². The van der Waals surface area contributed by atoms with Crippen molar-refractivity contribution in [2.45, 2.75) is 19.9 Å². The molecule has 0 spiro atoms. The molecular weight excluding hydrogens is 241 g/mol. The van der Waals surface area contributed by atoms with Crippen molar-refractivity contribution in [3.63, 3.8) is 0 Å². The van der Waals surface area contributed by atoms with Gasteiger partial charge in [-0.2, -0.15) is 5.10 Å². The quantitative estimate of drug-likeness (QED) is 0.894. The minimum atomic E-state index is -0.362. The average Bonchev–Trinajstić information content (AvgIpc) is 2.58. The van der Waals surface area contributed by atoms with Crippen molar-refractivity contribution in [3.05, 3.63) is 46.5 Å². The van der Waals surface area contributed by atoms with Gasteiger partial charge in [-0.3, -0.25) is 0 Å². The Morgan fingerprint density at radius 1 is 1.47 bits per heavy atom. The zero-order chi connectivity index (χ0) is 12.6. The molecule has 1 aromatic heterocycles. The molecule has 2 aromatic rings. The molecule has 0 fully saturated rings. The number of halogens is 2. The number of aryl methyl sites for hydroxylation is 1. The molecule has 3 nitrogen and oxygen atoms in total. The van der Waals surface area contributed by atoms with Crippen molar-refractivity contribution in [3.8, 4) is 5.69 Å². The standard InChI is InChI=1S/C12H13ClFN3/c1-7(15)9-4-3-5-11(14)12(9)17-6-10(13)8(2)16-17/h3-7H,15H2,1-2H3/t7-/m1/s1. The summed E-state index contributed by atoms with van der Waals surface area (Å²) in [7, 11) is 0. The van der Waals surface area contributed by atoms with Crippen molar-refractivity contribution in [1.29, 1.82) is 0 Å². The van der Waals surface area contributed by atoms with Crippen LogP contribution in [0.5, 0.6) is 0 Å². The molecule has 0 amide bonds. The zero-order valence-electron chi connectivity index (χ0n) is 9.61. The van der Waals surface area contributed by atoms with E-state index in [1.807, 2.05) is 0 Å². The third-order valence-corrected chi connectivity index (χ3v) is 2.95. The molecule has 1 atom stereocenters. The van der Waals surface area contributed by atoms with Crippen LogP contribution < -0.4 is 5.73 Å². The minimum Gasteiger partial charge on any atom is -0.324 e. The lowest BCUT2D eigenvalue weighted by Gasteiger charge is -2.13. The molecule has 0 unspecified atom stereocenters. The van der Waals surface area contributed by atoms with Gasteiger partial charge in [0.15, 0.2) is 0 Å². The summed E-state index contributed by atoms with van der Waals surface area (Å²) in [6.07, 6.45) is 1.58. The summed E-state index contributed by atoms with van der Waals surface area (Å²) in [5.41, 5.74) is 7.54. The van der Waals surface area contributed by atoms with Crippen LogP contribution in [0.3, 0.4) is 0 Å². The summed E-state index contributed by atoms with van der Waals surface area (Å²) in [5, 5.41) is 4.68. The van der Waals surface area contributed by atoms with Crippen LogP contribution in [0.4, 0.5) is 4.39 Å². The first-order chi connectivity index (χ1) is 8.00. The molecule has 90 valence electrons. The largest absolute Gasteiger partial charge is 0.324 e. The maximum absolute atomic E-state index is 13.9. The molecule has 0 saturated heterocycles. The van der Waals surface area contributed by atoms with E-state index in [4.69, 9.17) is 17.3 Å². The Morgan fingerprint density at radius 3 is 2.71 bits per heavy atom. The lowest BCUT2D eigenvalue weighted by molar-refractivity contribution is 0.602. The molecule has 2 rings (SSSR count). The minimum absolute atomic E-state index is 0.274. The van der Waals surface area contributed by atoms with E-state index in [1.165, 1.54) is 10.7 Å². The second-order valence-corrected chi connectivity index (χ2v) is 4.38. The maximum atomic E-state index is 13.9. The van der Waals surface area contributed by atoms with Gasteiger partial charge in [0.1, 0.15) is 11.5 Å². The molecule has 1 heterocycles. The summed E-state index contributed by atoms with van der Waals surface area (Å²) in [5.74, 6) is -0.362. The molecule has 0 aliphatic heterocycles. The van der Waals surface area contributed by atoms with Gasteiger partial charge in [0, 0.05) is 12.2 Å². The van der Waals surface area contributed by atoms with Gasteiger partial charge in [-0.25, -0.2) is 9.07 Å². The van der Waals surface area contributed by atoms with E-state index >= 15 is 0 Å². The predicted octanol–water partition coefficient (Wildman–Crippen LogP) is 2.99. The van der Waals surface area contributed by atoms with E-state index < -0.39 is 0 Å². The van der Waals surface area contributed by atoms with Crippen LogP contribution in [-0.4, -0.2) is 9.78 Å². The third-order valence-electron chi connectivity index (χ3n) is 2.58. The van der Waals surface area contributed by atoms with Gasteiger partial charge in [-0.1, -0.05) is 23.7 Å². The van der Waals surface area contributed by atoms with Crippen LogP contribution in [-0.2, 0) is 0 Å². The summed E-state index contributed by atoms with van der Waals surface area (Å²) in [6, 6.07) is 4.53. The Hall–Kier alpha value is -1.39. The number of nitrogens with zero attached hydrogens (tertiary/aromatic N) is 2. The predicted molar refractivity (Wildman–Crippen MR) is 65.9 cm³/mol. The van der Waals surface area contributed by atoms with Crippen LogP contribution >= 0.6 is 11.6 Å². The number of hydrogen-bond donors (Lipinski definition) is 1. The van der Waals surface area contributed by atoms with Crippen molar-refractivity contribution >= 4 is 11.6 Å². The van der Waals surface area contributed by atoms with E-state index in [0.717, 1.165) is 0 Å². The number of aromatic nitrogens is 2. The summed E-state index contributed by atoms with van der Waals surface area (Å²) < 4.78 is 15.3.